The van der Waals surface area contributed by atoms with Crippen molar-refractivity contribution in [2.45, 2.75) is 18.6 Å². The Morgan fingerprint density at radius 3 is 2.46 bits per heavy atom. The molecule has 5 heteroatoms. The van der Waals surface area contributed by atoms with Crippen molar-refractivity contribution in [3.05, 3.63) is 12.7 Å². The van der Waals surface area contributed by atoms with Crippen LogP contribution in [0.25, 0.3) is 0 Å². The summed E-state index contributed by atoms with van der Waals surface area (Å²) in [4.78, 5) is 0. The molecule has 0 saturated heterocycles. The third-order valence-electron chi connectivity index (χ3n) is 1.85. The van der Waals surface area contributed by atoms with E-state index in [2.05, 4.69) is 6.58 Å². The van der Waals surface area contributed by atoms with Crippen LogP contribution in [0.3, 0.4) is 0 Å². The van der Waals surface area contributed by atoms with Crippen molar-refractivity contribution < 1.29 is 13.2 Å². The van der Waals surface area contributed by atoms with Crippen molar-refractivity contribution in [3.8, 4) is 0 Å². The standard InChI is InChI=1S/C8H17NO3S/c1-4-7(2)5-8(6-12-3)13(9,10)11/h4,7-8H,1,5-6H2,2-3H3,(H2,9,10,11)/t7-,8+/m1/s1. The van der Waals surface area contributed by atoms with Crippen molar-refractivity contribution in [2.24, 2.45) is 11.1 Å². The fourth-order valence-electron chi connectivity index (χ4n) is 0.994. The molecule has 0 radical (unpaired) electrons. The minimum atomic E-state index is -3.50. The van der Waals surface area contributed by atoms with Crippen LogP contribution in [0.15, 0.2) is 12.7 Å². The van der Waals surface area contributed by atoms with Crippen molar-refractivity contribution in [3.63, 3.8) is 0 Å². The van der Waals surface area contributed by atoms with Gasteiger partial charge in [-0.05, 0) is 12.3 Å². The molecule has 0 spiro atoms. The number of ether oxygens (including phenoxy) is 1. The van der Waals surface area contributed by atoms with Crippen LogP contribution in [0, 0.1) is 5.92 Å². The molecule has 78 valence electrons. The molecule has 0 heterocycles. The van der Waals surface area contributed by atoms with E-state index >= 15 is 0 Å². The van der Waals surface area contributed by atoms with Gasteiger partial charge in [0, 0.05) is 7.11 Å². The lowest BCUT2D eigenvalue weighted by atomic mass is 10.1. The molecule has 0 unspecified atom stereocenters. The highest BCUT2D eigenvalue weighted by atomic mass is 32.2. The maximum absolute atomic E-state index is 11.0. The molecule has 0 fully saturated rings. The van der Waals surface area contributed by atoms with E-state index in [1.54, 1.807) is 6.08 Å². The van der Waals surface area contributed by atoms with Gasteiger partial charge >= 0.3 is 0 Å². The van der Waals surface area contributed by atoms with Gasteiger partial charge in [-0.3, -0.25) is 0 Å². The maximum atomic E-state index is 11.0. The molecule has 0 amide bonds. The number of primary sulfonamides is 1. The normalized spacial score (nSPS) is 16.5. The van der Waals surface area contributed by atoms with Crippen LogP contribution >= 0.6 is 0 Å². The Balaban J connectivity index is 4.35. The number of allylic oxidation sites excluding steroid dienone is 1. The van der Waals surface area contributed by atoms with Gasteiger partial charge in [0.25, 0.3) is 0 Å². The second-order valence-electron chi connectivity index (χ2n) is 3.12. The van der Waals surface area contributed by atoms with Crippen LogP contribution in [0.1, 0.15) is 13.3 Å². The number of sulfonamides is 1. The zero-order valence-electron chi connectivity index (χ0n) is 8.06. The Morgan fingerprint density at radius 1 is 1.62 bits per heavy atom. The molecule has 0 bridgehead atoms. The minimum Gasteiger partial charge on any atom is -0.383 e. The highest BCUT2D eigenvalue weighted by Gasteiger charge is 2.22. The van der Waals surface area contributed by atoms with Gasteiger partial charge in [-0.1, -0.05) is 13.0 Å². The lowest BCUT2D eigenvalue weighted by molar-refractivity contribution is 0.191. The second-order valence-corrected chi connectivity index (χ2v) is 4.96. The molecule has 2 atom stereocenters. The van der Waals surface area contributed by atoms with E-state index in [9.17, 15) is 8.42 Å². The zero-order chi connectivity index (χ0) is 10.5. The minimum absolute atomic E-state index is 0.124. The molecule has 0 aromatic carbocycles. The Kier molecular flexibility index (Phi) is 5.20. The SMILES string of the molecule is C=C[C@@H](C)C[C@@H](COC)S(N)(=O)=O. The summed E-state index contributed by atoms with van der Waals surface area (Å²) in [7, 11) is -2.05. The van der Waals surface area contributed by atoms with Gasteiger partial charge in [0.15, 0.2) is 0 Å². The van der Waals surface area contributed by atoms with Gasteiger partial charge < -0.3 is 4.74 Å². The molecule has 13 heavy (non-hydrogen) atoms. The second kappa shape index (κ2) is 5.36. The van der Waals surface area contributed by atoms with Crippen molar-refractivity contribution in [1.82, 2.24) is 0 Å². The van der Waals surface area contributed by atoms with Crippen LogP contribution in [-0.2, 0) is 14.8 Å². The van der Waals surface area contributed by atoms with Crippen LogP contribution in [0.4, 0.5) is 0 Å². The van der Waals surface area contributed by atoms with E-state index in [4.69, 9.17) is 9.88 Å². The summed E-state index contributed by atoms with van der Waals surface area (Å²) in [5, 5.41) is 4.39. The van der Waals surface area contributed by atoms with Crippen molar-refractivity contribution in [1.29, 1.82) is 0 Å². The van der Waals surface area contributed by atoms with Gasteiger partial charge in [-0.15, -0.1) is 6.58 Å². The molecular formula is C8H17NO3S. The number of rotatable bonds is 6. The largest absolute Gasteiger partial charge is 0.383 e. The number of nitrogens with two attached hydrogens (primary N) is 1. The molecule has 2 N–H and O–H groups in total. The molecule has 0 aliphatic carbocycles. The number of hydrogen-bond acceptors (Lipinski definition) is 3. The molecule has 0 saturated carbocycles. The Labute approximate surface area is 79.8 Å². The molecule has 0 aromatic rings. The summed E-state index contributed by atoms with van der Waals surface area (Å²) in [6, 6.07) is 0. The third kappa shape index (κ3) is 5.02. The zero-order valence-corrected chi connectivity index (χ0v) is 8.88. The molecule has 0 aliphatic heterocycles. The van der Waals surface area contributed by atoms with Gasteiger partial charge in [0.1, 0.15) is 0 Å². The van der Waals surface area contributed by atoms with Gasteiger partial charge in [-0.2, -0.15) is 0 Å². The van der Waals surface area contributed by atoms with Gasteiger partial charge in [0.2, 0.25) is 10.0 Å². The average molecular weight is 207 g/mol. The van der Waals surface area contributed by atoms with Crippen molar-refractivity contribution >= 4 is 10.0 Å². The van der Waals surface area contributed by atoms with Crippen LogP contribution < -0.4 is 5.14 Å². The van der Waals surface area contributed by atoms with Crippen LogP contribution in [0.2, 0.25) is 0 Å². The molecule has 4 nitrogen and oxygen atoms in total. The van der Waals surface area contributed by atoms with Crippen molar-refractivity contribution in [2.75, 3.05) is 13.7 Å². The van der Waals surface area contributed by atoms with E-state index in [0.29, 0.717) is 6.42 Å². The summed E-state index contributed by atoms with van der Waals surface area (Å²) in [6.07, 6.45) is 2.16. The Hall–Kier alpha value is -0.390. The highest BCUT2D eigenvalue weighted by molar-refractivity contribution is 7.89. The van der Waals surface area contributed by atoms with Crippen LogP contribution in [0.5, 0.6) is 0 Å². The van der Waals surface area contributed by atoms with Crippen LogP contribution in [-0.4, -0.2) is 27.4 Å². The highest BCUT2D eigenvalue weighted by Crippen LogP contribution is 2.12. The average Bonchev–Trinajstić information content (AvgIpc) is 2.01. The smallest absolute Gasteiger partial charge is 0.214 e. The predicted molar refractivity (Wildman–Crippen MR) is 52.7 cm³/mol. The lowest BCUT2D eigenvalue weighted by Gasteiger charge is -2.15. The van der Waals surface area contributed by atoms with E-state index in [1.165, 1.54) is 7.11 Å². The van der Waals surface area contributed by atoms with E-state index < -0.39 is 15.3 Å². The fraction of sp³-hybridized carbons (Fsp3) is 0.750. The third-order valence-corrected chi connectivity index (χ3v) is 3.11. The van der Waals surface area contributed by atoms with E-state index in [-0.39, 0.29) is 12.5 Å². The van der Waals surface area contributed by atoms with E-state index in [0.717, 1.165) is 0 Å². The number of hydrogen-bond donors (Lipinski definition) is 1. The first kappa shape index (κ1) is 12.6. The quantitative estimate of drug-likeness (QED) is 0.645. The summed E-state index contributed by atoms with van der Waals surface area (Å²) in [5.41, 5.74) is 0. The van der Waals surface area contributed by atoms with Gasteiger partial charge in [-0.25, -0.2) is 13.6 Å². The maximum Gasteiger partial charge on any atom is 0.214 e. The lowest BCUT2D eigenvalue weighted by Crippen LogP contribution is -2.33. The summed E-state index contributed by atoms with van der Waals surface area (Å²) in [5.74, 6) is 0.124. The van der Waals surface area contributed by atoms with E-state index in [1.807, 2.05) is 6.92 Å². The number of methoxy groups -OCH3 is 1. The molecule has 0 aliphatic rings. The monoisotopic (exact) mass is 207 g/mol. The first-order valence-electron chi connectivity index (χ1n) is 4.05. The summed E-state index contributed by atoms with van der Waals surface area (Å²) in [6.45, 7) is 5.61. The summed E-state index contributed by atoms with van der Waals surface area (Å²) >= 11 is 0. The topological polar surface area (TPSA) is 69.4 Å². The summed E-state index contributed by atoms with van der Waals surface area (Å²) < 4.78 is 26.9. The molecular weight excluding hydrogens is 190 g/mol. The predicted octanol–water partition coefficient (Wildman–Crippen LogP) is 0.502. The fourth-order valence-corrected chi connectivity index (χ4v) is 1.89. The Morgan fingerprint density at radius 2 is 2.15 bits per heavy atom. The molecule has 0 aromatic heterocycles. The molecule has 0 rings (SSSR count). The Bertz CT molecular complexity index is 248. The first-order chi connectivity index (χ1) is 5.91. The van der Waals surface area contributed by atoms with Gasteiger partial charge in [0.05, 0.1) is 11.9 Å². The first-order valence-corrected chi connectivity index (χ1v) is 5.65.